The highest BCUT2D eigenvalue weighted by Gasteiger charge is 2.29. The summed E-state index contributed by atoms with van der Waals surface area (Å²) in [6.45, 7) is 0. The Hall–Kier alpha value is -8.88. The van der Waals surface area contributed by atoms with Gasteiger partial charge in [0.1, 0.15) is 31.0 Å². The number of nitrogens with zero attached hydrogens (tertiary/aromatic N) is 6. The van der Waals surface area contributed by atoms with Gasteiger partial charge in [-0.1, -0.05) is 24.3 Å². The third-order valence-corrected chi connectivity index (χ3v) is 17.1. The Labute approximate surface area is 493 Å². The van der Waals surface area contributed by atoms with Crippen molar-refractivity contribution in [3.05, 3.63) is 120 Å². The molecule has 9 aromatic rings. The number of para-hydroxylation sites is 2. The molecule has 34 nitrogen and oxygen atoms in total. The van der Waals surface area contributed by atoms with Crippen LogP contribution in [0.5, 0.6) is 11.5 Å². The van der Waals surface area contributed by atoms with Gasteiger partial charge < -0.3 is 31.5 Å². The van der Waals surface area contributed by atoms with Gasteiger partial charge >= 0.3 is 0 Å². The fourth-order valence-corrected chi connectivity index (χ4v) is 12.1. The highest BCUT2D eigenvalue weighted by atomic mass is 35.5. The largest absolute Gasteiger partial charge is 0.505 e. The van der Waals surface area contributed by atoms with Gasteiger partial charge in [-0.2, -0.15) is 80.4 Å². The molecule has 0 fully saturated rings. The minimum absolute atomic E-state index is 0.238. The monoisotopic (exact) mass is 1340 g/mol. The van der Waals surface area contributed by atoms with Crippen molar-refractivity contribution in [3.63, 3.8) is 0 Å². The molecule has 7 aromatic carbocycles. The lowest BCUT2D eigenvalue weighted by Gasteiger charge is -2.19. The second-order valence-corrected chi connectivity index (χ2v) is 26.3. The van der Waals surface area contributed by atoms with Crippen molar-refractivity contribution in [1.82, 2.24) is 29.9 Å². The van der Waals surface area contributed by atoms with E-state index < -0.39 is 168 Å². The zero-order valence-corrected chi connectivity index (χ0v) is 48.2. The number of fused-ring (bicyclic) bond motifs is 2. The minimum atomic E-state index is -5.32. The Bertz CT molecular complexity index is 4710. The predicted molar refractivity (Wildman–Crippen MR) is 307 cm³/mol. The molecule has 0 amide bonds. The van der Waals surface area contributed by atoms with Crippen LogP contribution in [0.15, 0.2) is 139 Å². The summed E-state index contributed by atoms with van der Waals surface area (Å²) in [4.78, 5) is 19.0. The van der Waals surface area contributed by atoms with E-state index in [1.165, 1.54) is 48.5 Å². The molecule has 0 aliphatic heterocycles. The van der Waals surface area contributed by atoms with Crippen LogP contribution in [0.4, 0.5) is 69.3 Å². The molecule has 9 rings (SSSR count). The molecule has 0 saturated carbocycles. The number of benzene rings is 7. The molecule has 0 atom stereocenters. The van der Waals surface area contributed by atoms with Crippen LogP contribution in [0, 0.1) is 0 Å². The second kappa shape index (κ2) is 22.8. The molecule has 0 aliphatic carbocycles. The van der Waals surface area contributed by atoms with E-state index in [2.05, 4.69) is 72.9 Å². The number of hydrogen-bond donors (Lipinski definition) is 16. The minimum Gasteiger partial charge on any atom is -0.505 e. The maximum atomic E-state index is 12.7. The maximum absolute atomic E-state index is 12.7. The Morgan fingerprint density at radius 1 is 0.337 bits per heavy atom. The van der Waals surface area contributed by atoms with Gasteiger partial charge in [-0.25, -0.2) is 0 Å². The normalized spacial score (nSPS) is 12.4. The van der Waals surface area contributed by atoms with E-state index in [4.69, 9.17) is 23.2 Å². The number of aromatic nitrogens is 6. The predicted octanol–water partition coefficient (Wildman–Crippen LogP) is 6.41. The average molecular weight is 1340 g/mol. The van der Waals surface area contributed by atoms with Crippen LogP contribution in [-0.4, -0.2) is 118 Å². The van der Waals surface area contributed by atoms with Crippen molar-refractivity contribution in [1.29, 1.82) is 0 Å². The van der Waals surface area contributed by atoms with Crippen molar-refractivity contribution >= 4 is 175 Å². The third kappa shape index (κ3) is 13.8. The summed E-state index contributed by atoms with van der Waals surface area (Å²) in [7, 11) is -30.6. The summed E-state index contributed by atoms with van der Waals surface area (Å²) in [5.74, 6) is -3.63. The van der Waals surface area contributed by atoms with Gasteiger partial charge in [0.25, 0.3) is 60.7 Å². The van der Waals surface area contributed by atoms with Gasteiger partial charge in [0, 0.05) is 22.1 Å². The summed E-state index contributed by atoms with van der Waals surface area (Å²) in [6.07, 6.45) is 0. The summed E-state index contributed by atoms with van der Waals surface area (Å²) < 4.78 is 208. The zero-order valence-electron chi connectivity index (χ0n) is 41.8. The van der Waals surface area contributed by atoms with Crippen LogP contribution >= 0.6 is 23.2 Å². The fourth-order valence-electron chi connectivity index (χ4n) is 7.99. The van der Waals surface area contributed by atoms with Crippen molar-refractivity contribution < 1.29 is 88.0 Å². The van der Waals surface area contributed by atoms with Crippen LogP contribution in [0.1, 0.15) is 0 Å². The molecular weight excluding hydrogens is 1310 g/mol. The van der Waals surface area contributed by atoms with E-state index in [9.17, 15) is 88.0 Å². The topological polar surface area (TPSA) is 540 Å². The number of phenols is 2. The number of hydrogen-bond acceptors (Lipinski definition) is 28. The smallest absolute Gasteiger partial charge is 0.296 e. The van der Waals surface area contributed by atoms with Gasteiger partial charge in [0.05, 0.1) is 32.5 Å². The SMILES string of the molecule is O=S(=O)(O)c1cc(Nc2nc(Cl)nc(Nc3ccc(Nc4nc(Cl)nc(Nc5cc(S(=O)(=O)O)cc6cc(S(=O)(=O)O)c(NNc7ccccc7S(=O)(=O)O)c(O)c56)n4)cc3)n2)c2c(O)c(NNc3ccccc3S(=O)(=O)O)c(S(=O)(=O)O)cc2c1. The highest BCUT2D eigenvalue weighted by molar-refractivity contribution is 7.87. The van der Waals surface area contributed by atoms with E-state index in [0.29, 0.717) is 12.1 Å². The number of nitrogens with one attached hydrogen (secondary N) is 8. The van der Waals surface area contributed by atoms with Gasteiger partial charge in [-0.3, -0.25) is 49.0 Å². The van der Waals surface area contributed by atoms with Gasteiger partial charge in [-0.15, -0.1) is 0 Å². The Morgan fingerprint density at radius 2 is 0.651 bits per heavy atom. The van der Waals surface area contributed by atoms with E-state index >= 15 is 0 Å². The van der Waals surface area contributed by atoms with Crippen molar-refractivity contribution in [2.24, 2.45) is 0 Å². The first kappa shape index (κ1) is 61.7. The molecule has 0 unspecified atom stereocenters. The molecule has 450 valence electrons. The molecule has 0 bridgehead atoms. The van der Waals surface area contributed by atoms with Crippen LogP contribution in [-0.2, 0) is 60.7 Å². The first-order chi connectivity index (χ1) is 40.0. The number of halogens is 2. The van der Waals surface area contributed by atoms with E-state index in [-0.39, 0.29) is 34.6 Å². The second-order valence-electron chi connectivity index (χ2n) is 17.3. The average Bonchev–Trinajstić information content (AvgIpc) is 0.856. The molecular formula is C44H34Cl2N14O20S6. The van der Waals surface area contributed by atoms with E-state index in [0.717, 1.165) is 48.5 Å². The Kier molecular flexibility index (Phi) is 16.4. The van der Waals surface area contributed by atoms with Crippen LogP contribution in [0.3, 0.4) is 0 Å². The molecule has 86 heavy (non-hydrogen) atoms. The van der Waals surface area contributed by atoms with Crippen molar-refractivity contribution in [3.8, 4) is 11.5 Å². The standard InChI is InChI=1S/C44H34Cl2N14O20S6/c45-39-51-41(55-43(53-39)49-27-17-23(81(63,64)65)13-19-15-31(85(75,76)77)35(37(61)33(19)27)59-57-25-5-1-3-7-29(25)83(69,70)71)47-21-9-11-22(12-10-21)48-42-52-40(46)54-44(56-42)50-28-18-24(82(66,67)68)14-20-16-32(86(78,79)80)36(38(62)34(20)28)60-58-26-6-2-4-8-30(26)84(72,73)74/h1-18,57-62H,(H,63,64,65)(H,66,67,68)(H,69,70,71)(H,72,73,74)(H,75,76,77)(H,78,79,80)(H2,47,49,51,53,55)(H2,48,50,52,54,56). The third-order valence-electron chi connectivity index (χ3n) is 11.5. The molecule has 0 saturated heterocycles. The lowest BCUT2D eigenvalue weighted by Crippen LogP contribution is -2.15. The zero-order chi connectivity index (χ0) is 62.6. The van der Waals surface area contributed by atoms with Gasteiger partial charge in [0.2, 0.25) is 34.4 Å². The molecule has 2 aromatic heterocycles. The number of aromatic hydroxyl groups is 2. The number of anilines is 12. The fraction of sp³-hybridized carbons (Fsp3) is 0. The van der Waals surface area contributed by atoms with Gasteiger partial charge in [0.15, 0.2) is 11.5 Å². The maximum Gasteiger partial charge on any atom is 0.296 e. The quantitative estimate of drug-likeness (QED) is 0.0222. The summed E-state index contributed by atoms with van der Waals surface area (Å²) >= 11 is 12.5. The van der Waals surface area contributed by atoms with Gasteiger partial charge in [-0.05, 0) is 119 Å². The Balaban J connectivity index is 0.993. The van der Waals surface area contributed by atoms with Crippen LogP contribution < -0.4 is 43.0 Å². The molecule has 0 spiro atoms. The first-order valence-electron chi connectivity index (χ1n) is 22.8. The number of phenolic OH excluding ortho intramolecular Hbond substituents is 2. The van der Waals surface area contributed by atoms with E-state index in [1.54, 1.807) is 0 Å². The lowest BCUT2D eigenvalue weighted by molar-refractivity contribution is 0.472. The van der Waals surface area contributed by atoms with Crippen LogP contribution in [0.25, 0.3) is 21.5 Å². The van der Waals surface area contributed by atoms with Crippen LogP contribution in [0.2, 0.25) is 10.6 Å². The van der Waals surface area contributed by atoms with E-state index in [1.807, 2.05) is 0 Å². The molecule has 2 heterocycles. The summed E-state index contributed by atoms with van der Waals surface area (Å²) in [5, 5.41) is 31.4. The van der Waals surface area contributed by atoms with Crippen molar-refractivity contribution in [2.45, 2.75) is 29.4 Å². The number of rotatable bonds is 20. The number of hydrazine groups is 2. The summed E-state index contributed by atoms with van der Waals surface area (Å²) in [5.41, 5.74) is 6.33. The molecule has 42 heteroatoms. The molecule has 16 N–H and O–H groups in total. The highest BCUT2D eigenvalue weighted by Crippen LogP contribution is 2.46. The van der Waals surface area contributed by atoms with Crippen molar-refractivity contribution in [2.75, 3.05) is 43.0 Å². The lowest BCUT2D eigenvalue weighted by atomic mass is 10.1. The Morgan fingerprint density at radius 3 is 0.965 bits per heavy atom. The first-order valence-corrected chi connectivity index (χ1v) is 32.2. The summed E-state index contributed by atoms with van der Waals surface area (Å²) in [6, 6.07) is 19.5. The molecule has 0 aliphatic rings. The molecule has 0 radical (unpaired) electrons.